The van der Waals surface area contributed by atoms with E-state index in [9.17, 15) is 4.79 Å². The predicted octanol–water partition coefficient (Wildman–Crippen LogP) is 1.63. The maximum absolute atomic E-state index is 12.1. The van der Waals surface area contributed by atoms with Crippen LogP contribution in [0.1, 0.15) is 12.5 Å². The Morgan fingerprint density at radius 1 is 1.62 bits per heavy atom. The van der Waals surface area contributed by atoms with Crippen LogP contribution in [0.3, 0.4) is 0 Å². The van der Waals surface area contributed by atoms with E-state index in [0.29, 0.717) is 30.4 Å². The lowest BCUT2D eigenvalue weighted by atomic mass is 10.1. The van der Waals surface area contributed by atoms with Crippen molar-refractivity contribution in [3.8, 4) is 0 Å². The van der Waals surface area contributed by atoms with E-state index in [4.69, 9.17) is 22.1 Å². The number of anilines is 1. The predicted molar refractivity (Wildman–Crippen MR) is 84.6 cm³/mol. The molecule has 116 valence electrons. The highest BCUT2D eigenvalue weighted by atomic mass is 35.5. The third-order valence-electron chi connectivity index (χ3n) is 3.53. The molecule has 0 bridgehead atoms. The number of morpholine rings is 1. The van der Waals surface area contributed by atoms with Gasteiger partial charge in [0.1, 0.15) is 0 Å². The van der Waals surface area contributed by atoms with Gasteiger partial charge in [0.15, 0.2) is 0 Å². The zero-order valence-electron chi connectivity index (χ0n) is 12.4. The van der Waals surface area contributed by atoms with Gasteiger partial charge in [0.25, 0.3) is 0 Å². The smallest absolute Gasteiger partial charge is 0.238 e. The molecule has 2 rings (SSSR count). The number of nitrogens with one attached hydrogen (secondary N) is 1. The summed E-state index contributed by atoms with van der Waals surface area (Å²) >= 11 is 6.12. The molecule has 1 saturated heterocycles. The molecule has 3 N–H and O–H groups in total. The van der Waals surface area contributed by atoms with Gasteiger partial charge in [-0.05, 0) is 31.5 Å². The molecule has 0 radical (unpaired) electrons. The van der Waals surface area contributed by atoms with Crippen LogP contribution in [-0.4, -0.2) is 49.2 Å². The molecular weight excluding hydrogens is 290 g/mol. The number of carbonyl (C=O) groups excluding carboxylic acids is 1. The van der Waals surface area contributed by atoms with Crippen molar-refractivity contribution in [3.63, 3.8) is 0 Å². The summed E-state index contributed by atoms with van der Waals surface area (Å²) in [6.45, 7) is 6.20. The zero-order chi connectivity index (χ0) is 15.4. The first kappa shape index (κ1) is 16.2. The number of carbonyl (C=O) groups is 1. The van der Waals surface area contributed by atoms with Crippen molar-refractivity contribution in [3.05, 3.63) is 28.8 Å². The van der Waals surface area contributed by atoms with Gasteiger partial charge in [0.2, 0.25) is 5.91 Å². The first-order valence-electron chi connectivity index (χ1n) is 7.11. The normalized spacial score (nSPS) is 21.0. The molecule has 21 heavy (non-hydrogen) atoms. The quantitative estimate of drug-likeness (QED) is 0.887. The molecular formula is C15H22ClN3O2. The monoisotopic (exact) mass is 311 g/mol. The number of amides is 1. The molecule has 1 fully saturated rings. The van der Waals surface area contributed by atoms with Crippen molar-refractivity contribution in [2.24, 2.45) is 5.73 Å². The van der Waals surface area contributed by atoms with Gasteiger partial charge in [-0.25, -0.2) is 0 Å². The van der Waals surface area contributed by atoms with Crippen LogP contribution in [0.5, 0.6) is 0 Å². The fourth-order valence-corrected chi connectivity index (χ4v) is 2.59. The van der Waals surface area contributed by atoms with Crippen molar-refractivity contribution in [1.82, 2.24) is 4.90 Å². The van der Waals surface area contributed by atoms with Crippen molar-refractivity contribution in [2.75, 3.05) is 31.6 Å². The Labute approximate surface area is 130 Å². The van der Waals surface area contributed by atoms with Crippen molar-refractivity contribution < 1.29 is 9.53 Å². The van der Waals surface area contributed by atoms with Gasteiger partial charge in [-0.15, -0.1) is 0 Å². The Morgan fingerprint density at radius 2 is 2.38 bits per heavy atom. The molecule has 0 aliphatic carbocycles. The summed E-state index contributed by atoms with van der Waals surface area (Å²) in [4.78, 5) is 14.2. The average Bonchev–Trinajstić information content (AvgIpc) is 2.42. The summed E-state index contributed by atoms with van der Waals surface area (Å²) in [5.41, 5.74) is 7.55. The molecule has 1 amide bonds. The SMILES string of the molecule is Cc1ccc(NC(=O)CN2CCOC(C(C)N)C2)c(Cl)c1. The fourth-order valence-electron chi connectivity index (χ4n) is 2.31. The van der Waals surface area contributed by atoms with Gasteiger partial charge in [0, 0.05) is 19.1 Å². The number of benzene rings is 1. The topological polar surface area (TPSA) is 67.6 Å². The molecule has 1 aromatic carbocycles. The zero-order valence-corrected chi connectivity index (χ0v) is 13.2. The van der Waals surface area contributed by atoms with Crippen LogP contribution in [0.4, 0.5) is 5.69 Å². The number of halogens is 1. The van der Waals surface area contributed by atoms with Crippen LogP contribution in [0.15, 0.2) is 18.2 Å². The van der Waals surface area contributed by atoms with Gasteiger partial charge in [0.05, 0.1) is 30.0 Å². The van der Waals surface area contributed by atoms with Crippen molar-refractivity contribution in [1.29, 1.82) is 0 Å². The van der Waals surface area contributed by atoms with E-state index in [2.05, 4.69) is 10.2 Å². The van der Waals surface area contributed by atoms with E-state index in [0.717, 1.165) is 12.1 Å². The minimum Gasteiger partial charge on any atom is -0.374 e. The molecule has 1 heterocycles. The summed E-state index contributed by atoms with van der Waals surface area (Å²) in [5.74, 6) is -0.0777. The first-order chi connectivity index (χ1) is 9.95. The highest BCUT2D eigenvalue weighted by molar-refractivity contribution is 6.33. The minimum atomic E-state index is -0.0777. The molecule has 0 spiro atoms. The van der Waals surface area contributed by atoms with Gasteiger partial charge < -0.3 is 15.8 Å². The third kappa shape index (κ3) is 4.68. The van der Waals surface area contributed by atoms with Gasteiger partial charge in [-0.1, -0.05) is 17.7 Å². The largest absolute Gasteiger partial charge is 0.374 e. The summed E-state index contributed by atoms with van der Waals surface area (Å²) < 4.78 is 5.58. The number of hydrogen-bond acceptors (Lipinski definition) is 4. The van der Waals surface area contributed by atoms with E-state index in [-0.39, 0.29) is 18.1 Å². The number of nitrogens with zero attached hydrogens (tertiary/aromatic N) is 1. The van der Waals surface area contributed by atoms with Crippen LogP contribution in [0, 0.1) is 6.92 Å². The van der Waals surface area contributed by atoms with Crippen LogP contribution >= 0.6 is 11.6 Å². The Morgan fingerprint density at radius 3 is 3.05 bits per heavy atom. The second-order valence-electron chi connectivity index (χ2n) is 5.53. The second kappa shape index (κ2) is 7.22. The van der Waals surface area contributed by atoms with Crippen molar-refractivity contribution >= 4 is 23.2 Å². The van der Waals surface area contributed by atoms with Crippen LogP contribution in [0.2, 0.25) is 5.02 Å². The highest BCUT2D eigenvalue weighted by Gasteiger charge is 2.24. The molecule has 2 atom stereocenters. The maximum Gasteiger partial charge on any atom is 0.238 e. The standard InChI is InChI=1S/C15H22ClN3O2/c1-10-3-4-13(12(16)7-10)18-15(20)9-19-5-6-21-14(8-19)11(2)17/h3-4,7,11,14H,5-6,8-9,17H2,1-2H3,(H,18,20). The number of aryl methyl sites for hydroxylation is 1. The van der Waals surface area contributed by atoms with E-state index in [1.54, 1.807) is 0 Å². The average molecular weight is 312 g/mol. The summed E-state index contributed by atoms with van der Waals surface area (Å²) in [6, 6.07) is 5.53. The fraction of sp³-hybridized carbons (Fsp3) is 0.533. The third-order valence-corrected chi connectivity index (χ3v) is 3.84. The lowest BCUT2D eigenvalue weighted by Crippen LogP contribution is -2.51. The molecule has 2 unspecified atom stereocenters. The molecule has 0 aromatic heterocycles. The second-order valence-corrected chi connectivity index (χ2v) is 5.94. The Balaban J connectivity index is 1.89. The van der Waals surface area contributed by atoms with Crippen LogP contribution in [0.25, 0.3) is 0 Å². The van der Waals surface area contributed by atoms with E-state index < -0.39 is 0 Å². The summed E-state index contributed by atoms with van der Waals surface area (Å²) in [7, 11) is 0. The molecule has 6 heteroatoms. The molecule has 5 nitrogen and oxygen atoms in total. The minimum absolute atomic E-state index is 0.0190. The molecule has 1 aliphatic heterocycles. The maximum atomic E-state index is 12.1. The Kier molecular flexibility index (Phi) is 5.58. The van der Waals surface area contributed by atoms with Gasteiger partial charge >= 0.3 is 0 Å². The number of hydrogen-bond donors (Lipinski definition) is 2. The van der Waals surface area contributed by atoms with E-state index in [1.165, 1.54) is 0 Å². The molecule has 1 aliphatic rings. The molecule has 1 aromatic rings. The highest BCUT2D eigenvalue weighted by Crippen LogP contribution is 2.22. The lowest BCUT2D eigenvalue weighted by molar-refractivity contribution is -0.119. The number of rotatable bonds is 4. The van der Waals surface area contributed by atoms with Crippen LogP contribution < -0.4 is 11.1 Å². The summed E-state index contributed by atoms with van der Waals surface area (Å²) in [6.07, 6.45) is -0.0190. The van der Waals surface area contributed by atoms with E-state index >= 15 is 0 Å². The molecule has 0 saturated carbocycles. The lowest BCUT2D eigenvalue weighted by Gasteiger charge is -2.34. The number of ether oxygens (including phenoxy) is 1. The van der Waals surface area contributed by atoms with Gasteiger partial charge in [-0.2, -0.15) is 0 Å². The Hall–Kier alpha value is -1.14. The number of nitrogens with two attached hydrogens (primary N) is 1. The summed E-state index contributed by atoms with van der Waals surface area (Å²) in [5, 5.41) is 3.40. The first-order valence-corrected chi connectivity index (χ1v) is 7.49. The Bertz CT molecular complexity index is 508. The van der Waals surface area contributed by atoms with Gasteiger partial charge in [-0.3, -0.25) is 9.69 Å². The van der Waals surface area contributed by atoms with Crippen LogP contribution in [-0.2, 0) is 9.53 Å². The van der Waals surface area contributed by atoms with E-state index in [1.807, 2.05) is 32.0 Å². The van der Waals surface area contributed by atoms with Crippen molar-refractivity contribution in [2.45, 2.75) is 26.0 Å².